The maximum Gasteiger partial charge on any atom is 0.159 e. The molecule has 0 amide bonds. The van der Waals surface area contributed by atoms with Crippen molar-refractivity contribution in [1.29, 1.82) is 0 Å². The lowest BCUT2D eigenvalue weighted by Crippen LogP contribution is -2.47. The summed E-state index contributed by atoms with van der Waals surface area (Å²) in [6.45, 7) is 0.296. The molecule has 0 N–H and O–H groups in total. The molecule has 1 aliphatic heterocycles. The van der Waals surface area contributed by atoms with Crippen LogP contribution in [-0.4, -0.2) is 24.3 Å². The van der Waals surface area contributed by atoms with Gasteiger partial charge in [-0.25, -0.2) is 0 Å². The molecule has 1 aromatic rings. The number of hydrogen-bond donors (Lipinski definition) is 0. The highest BCUT2D eigenvalue weighted by Crippen LogP contribution is 2.39. The lowest BCUT2D eigenvalue weighted by molar-refractivity contribution is -0.140. The number of allylic oxidation sites excluding steroid dienone is 1. The summed E-state index contributed by atoms with van der Waals surface area (Å²) < 4.78 is 0. The fourth-order valence-electron chi connectivity index (χ4n) is 2.78. The first-order chi connectivity index (χ1) is 10.0. The molecule has 0 aromatic heterocycles. The van der Waals surface area contributed by atoms with Gasteiger partial charge in [0.25, 0.3) is 0 Å². The number of hydrogen-bond acceptors (Lipinski definition) is 3. The van der Waals surface area contributed by atoms with E-state index in [1.165, 1.54) is 0 Å². The van der Waals surface area contributed by atoms with Gasteiger partial charge in [-0.3, -0.25) is 14.6 Å². The van der Waals surface area contributed by atoms with Crippen LogP contribution in [0.3, 0.4) is 0 Å². The molecule has 2 atom stereocenters. The Hall–Kier alpha value is -1.45. The Morgan fingerprint density at radius 3 is 2.62 bits per heavy atom. The van der Waals surface area contributed by atoms with Crippen LogP contribution in [0.15, 0.2) is 35.3 Å². The van der Waals surface area contributed by atoms with Crippen LogP contribution in [0.4, 0.5) is 0 Å². The molecule has 0 bridgehead atoms. The molecule has 21 heavy (non-hydrogen) atoms. The second kappa shape index (κ2) is 5.39. The van der Waals surface area contributed by atoms with Crippen molar-refractivity contribution in [3.05, 3.63) is 46.0 Å². The first-order valence-electron chi connectivity index (χ1n) is 6.75. The fraction of sp³-hybridized carbons (Fsp3) is 0.312. The van der Waals surface area contributed by atoms with Crippen molar-refractivity contribution in [3.8, 4) is 0 Å². The Morgan fingerprint density at radius 1 is 1.29 bits per heavy atom. The van der Waals surface area contributed by atoms with E-state index in [1.54, 1.807) is 30.5 Å². The highest BCUT2D eigenvalue weighted by Gasteiger charge is 2.47. The second-order valence-electron chi connectivity index (χ2n) is 5.37. The van der Waals surface area contributed by atoms with Gasteiger partial charge in [0.1, 0.15) is 5.78 Å². The number of nitrogens with zero attached hydrogens (tertiary/aromatic N) is 1. The lowest BCUT2D eigenvalue weighted by atomic mass is 9.66. The van der Waals surface area contributed by atoms with Crippen LogP contribution in [0.1, 0.15) is 18.4 Å². The van der Waals surface area contributed by atoms with E-state index >= 15 is 0 Å². The van der Waals surface area contributed by atoms with Crippen molar-refractivity contribution in [2.45, 2.75) is 18.3 Å². The third-order valence-electron chi connectivity index (χ3n) is 4.17. The number of benzene rings is 1. The van der Waals surface area contributed by atoms with Gasteiger partial charge in [0, 0.05) is 12.6 Å². The fourth-order valence-corrected chi connectivity index (χ4v) is 3.07. The quantitative estimate of drug-likeness (QED) is 0.801. The predicted octanol–water partition coefficient (Wildman–Crippen LogP) is 3.42. The number of rotatable bonds is 3. The topological polar surface area (TPSA) is 46.5 Å². The summed E-state index contributed by atoms with van der Waals surface area (Å²) in [7, 11) is 0. The van der Waals surface area contributed by atoms with Crippen LogP contribution >= 0.6 is 23.2 Å². The smallest absolute Gasteiger partial charge is 0.159 e. The van der Waals surface area contributed by atoms with E-state index in [1.807, 2.05) is 6.08 Å². The average Bonchev–Trinajstić information content (AvgIpc) is 2.49. The molecule has 1 heterocycles. The first kappa shape index (κ1) is 14.5. The third kappa shape index (κ3) is 2.34. The van der Waals surface area contributed by atoms with E-state index in [-0.39, 0.29) is 11.6 Å². The van der Waals surface area contributed by atoms with Crippen molar-refractivity contribution >= 4 is 41.0 Å². The van der Waals surface area contributed by atoms with Gasteiger partial charge < -0.3 is 0 Å². The largest absolute Gasteiger partial charge is 0.299 e. The molecule has 5 heteroatoms. The maximum absolute atomic E-state index is 12.9. The molecular formula is C16H13Cl2NO2. The van der Waals surface area contributed by atoms with Crippen LogP contribution in [0.5, 0.6) is 0 Å². The van der Waals surface area contributed by atoms with E-state index in [0.717, 1.165) is 5.56 Å². The van der Waals surface area contributed by atoms with Crippen LogP contribution in [0.2, 0.25) is 10.0 Å². The number of halogens is 2. The lowest BCUT2D eigenvalue weighted by Gasteiger charge is -2.35. The minimum atomic E-state index is -0.913. The molecule has 3 nitrogen and oxygen atoms in total. The van der Waals surface area contributed by atoms with Gasteiger partial charge >= 0.3 is 0 Å². The molecule has 1 aromatic carbocycles. The number of ketones is 2. The zero-order valence-electron chi connectivity index (χ0n) is 11.2. The normalized spacial score (nSPS) is 27.5. The van der Waals surface area contributed by atoms with Crippen molar-refractivity contribution in [2.75, 3.05) is 6.54 Å². The van der Waals surface area contributed by atoms with Gasteiger partial charge in [0.05, 0.1) is 27.9 Å². The molecular weight excluding hydrogens is 309 g/mol. The number of carbonyl (C=O) groups excluding carboxylic acids is 2. The minimum absolute atomic E-state index is 0.0161. The second-order valence-corrected chi connectivity index (χ2v) is 6.19. The zero-order valence-corrected chi connectivity index (χ0v) is 12.7. The van der Waals surface area contributed by atoms with Crippen molar-refractivity contribution < 1.29 is 9.59 Å². The zero-order chi connectivity index (χ0) is 15.0. The van der Waals surface area contributed by atoms with Crippen LogP contribution < -0.4 is 0 Å². The van der Waals surface area contributed by atoms with Gasteiger partial charge in [0.2, 0.25) is 0 Å². The van der Waals surface area contributed by atoms with Crippen LogP contribution in [0.25, 0.3) is 0 Å². The average molecular weight is 322 g/mol. The molecule has 0 saturated heterocycles. The Balaban J connectivity index is 2.06. The van der Waals surface area contributed by atoms with Gasteiger partial charge in [-0.2, -0.15) is 0 Å². The SMILES string of the molecule is O=C1CCC1C(=O)C1(c2ccc(Cl)c(Cl)c2)C=CC=NC1. The molecule has 0 radical (unpaired) electrons. The highest BCUT2D eigenvalue weighted by atomic mass is 35.5. The molecule has 1 saturated carbocycles. The molecule has 1 aliphatic carbocycles. The number of aliphatic imine (C=N–C) groups is 1. The van der Waals surface area contributed by atoms with Crippen molar-refractivity contribution in [1.82, 2.24) is 0 Å². The van der Waals surface area contributed by atoms with E-state index in [2.05, 4.69) is 4.99 Å². The summed E-state index contributed by atoms with van der Waals surface area (Å²) in [4.78, 5) is 28.8. The van der Waals surface area contributed by atoms with E-state index in [4.69, 9.17) is 23.2 Å². The summed E-state index contributed by atoms with van der Waals surface area (Å²) in [6.07, 6.45) is 6.32. The van der Waals surface area contributed by atoms with Gasteiger partial charge in [-0.15, -0.1) is 0 Å². The number of Topliss-reactive ketones (excluding diaryl/α,β-unsaturated/α-hetero) is 2. The molecule has 2 unspecified atom stereocenters. The van der Waals surface area contributed by atoms with Crippen LogP contribution in [-0.2, 0) is 15.0 Å². The van der Waals surface area contributed by atoms with Gasteiger partial charge in [0.15, 0.2) is 5.78 Å². The summed E-state index contributed by atoms with van der Waals surface area (Å²) in [5.41, 5.74) is -0.182. The minimum Gasteiger partial charge on any atom is -0.299 e. The Labute approximate surface area is 132 Å². The Kier molecular flexibility index (Phi) is 3.72. The molecule has 3 rings (SSSR count). The Morgan fingerprint density at radius 2 is 2.10 bits per heavy atom. The van der Waals surface area contributed by atoms with Crippen LogP contribution in [0, 0.1) is 5.92 Å². The van der Waals surface area contributed by atoms with E-state index < -0.39 is 11.3 Å². The maximum atomic E-state index is 12.9. The van der Waals surface area contributed by atoms with Crippen molar-refractivity contribution in [3.63, 3.8) is 0 Å². The molecule has 108 valence electrons. The molecule has 0 spiro atoms. The first-order valence-corrected chi connectivity index (χ1v) is 7.50. The summed E-state index contributed by atoms with van der Waals surface area (Å²) >= 11 is 12.0. The number of carbonyl (C=O) groups is 2. The number of dihydropyridines is 1. The standard InChI is InChI=1S/C16H13Cl2NO2/c17-12-4-2-10(8-13(12)18)16(6-1-7-19-9-16)15(21)11-3-5-14(11)20/h1-2,4,6-8,11H,3,5,9H2. The van der Waals surface area contributed by atoms with Gasteiger partial charge in [-0.05, 0) is 30.2 Å². The summed E-state index contributed by atoms with van der Waals surface area (Å²) in [5, 5.41) is 0.829. The third-order valence-corrected chi connectivity index (χ3v) is 4.91. The highest BCUT2D eigenvalue weighted by molar-refractivity contribution is 6.42. The summed E-state index contributed by atoms with van der Waals surface area (Å²) in [6, 6.07) is 5.14. The van der Waals surface area contributed by atoms with E-state index in [0.29, 0.717) is 29.4 Å². The monoisotopic (exact) mass is 321 g/mol. The predicted molar refractivity (Wildman–Crippen MR) is 83.4 cm³/mol. The van der Waals surface area contributed by atoms with E-state index in [9.17, 15) is 9.59 Å². The summed E-state index contributed by atoms with van der Waals surface area (Å²) in [5.74, 6) is -0.593. The Bertz CT molecular complexity index is 681. The van der Waals surface area contributed by atoms with Gasteiger partial charge in [-0.1, -0.05) is 35.3 Å². The van der Waals surface area contributed by atoms with Crippen molar-refractivity contribution in [2.24, 2.45) is 10.9 Å². The molecule has 1 fully saturated rings. The molecule has 2 aliphatic rings.